The summed E-state index contributed by atoms with van der Waals surface area (Å²) in [6.07, 6.45) is 0. The molecule has 1 aromatic rings. The van der Waals surface area contributed by atoms with Crippen LogP contribution in [0.4, 0.5) is 4.39 Å². The van der Waals surface area contributed by atoms with Gasteiger partial charge in [0.1, 0.15) is 5.82 Å². The Morgan fingerprint density at radius 3 is 2.46 bits per heavy atom. The zero-order valence-corrected chi connectivity index (χ0v) is 15.6. The Morgan fingerprint density at radius 2 is 1.92 bits per heavy atom. The lowest BCUT2D eigenvalue weighted by molar-refractivity contribution is 0.445. The summed E-state index contributed by atoms with van der Waals surface area (Å²) >= 11 is 0. The minimum atomic E-state index is -3.26. The smallest absolute Gasteiger partial charge is 0.215 e. The Hall–Kier alpha value is -1.67. The van der Waals surface area contributed by atoms with E-state index in [1.807, 2.05) is 13.8 Å². The van der Waals surface area contributed by atoms with E-state index in [4.69, 9.17) is 0 Å². The Labute approximate surface area is 144 Å². The monoisotopic (exact) mass is 358 g/mol. The van der Waals surface area contributed by atoms with Crippen molar-refractivity contribution < 1.29 is 12.8 Å². The largest absolute Gasteiger partial charge is 0.355 e. The Bertz CT molecular complexity index is 658. The third-order valence-electron chi connectivity index (χ3n) is 3.66. The molecule has 0 unspecified atom stereocenters. The van der Waals surface area contributed by atoms with Crippen molar-refractivity contribution in [2.24, 2.45) is 4.99 Å². The van der Waals surface area contributed by atoms with Crippen molar-refractivity contribution in [3.63, 3.8) is 0 Å². The summed E-state index contributed by atoms with van der Waals surface area (Å²) in [4.78, 5) is 4.06. The molecule has 0 aliphatic rings. The van der Waals surface area contributed by atoms with Gasteiger partial charge in [0.05, 0.1) is 5.75 Å². The van der Waals surface area contributed by atoms with E-state index in [-0.39, 0.29) is 18.1 Å². The van der Waals surface area contributed by atoms with Crippen molar-refractivity contribution in [2.75, 3.05) is 32.4 Å². The summed E-state index contributed by atoms with van der Waals surface area (Å²) in [7, 11) is -1.64. The van der Waals surface area contributed by atoms with Crippen LogP contribution in [0.15, 0.2) is 23.2 Å². The van der Waals surface area contributed by atoms with Crippen LogP contribution in [0.25, 0.3) is 0 Å². The highest BCUT2D eigenvalue weighted by molar-refractivity contribution is 7.89. The maximum absolute atomic E-state index is 13.2. The summed E-state index contributed by atoms with van der Waals surface area (Å²) in [5.41, 5.74) is 1.51. The molecule has 1 rings (SSSR count). The fourth-order valence-corrected chi connectivity index (χ4v) is 3.67. The van der Waals surface area contributed by atoms with Crippen LogP contribution in [0.3, 0.4) is 0 Å². The standard InChI is InChI=1S/C16H27FN4O2S/c1-5-21(6-2)24(22,23)10-9-19-16(18-4)20-12-14-7-8-15(17)13(3)11-14/h7-8,11H,5-6,9-10,12H2,1-4H3,(H2,18,19,20). The third kappa shape index (κ3) is 6.09. The van der Waals surface area contributed by atoms with Gasteiger partial charge < -0.3 is 10.6 Å². The van der Waals surface area contributed by atoms with Gasteiger partial charge in [-0.2, -0.15) is 0 Å². The van der Waals surface area contributed by atoms with Crippen molar-refractivity contribution in [2.45, 2.75) is 27.3 Å². The van der Waals surface area contributed by atoms with Crippen LogP contribution in [-0.2, 0) is 16.6 Å². The number of hydrogen-bond acceptors (Lipinski definition) is 3. The molecule has 0 aromatic heterocycles. The average molecular weight is 358 g/mol. The summed E-state index contributed by atoms with van der Waals surface area (Å²) in [5, 5.41) is 6.07. The van der Waals surface area contributed by atoms with Gasteiger partial charge in [-0.25, -0.2) is 17.1 Å². The van der Waals surface area contributed by atoms with E-state index < -0.39 is 10.0 Å². The fraction of sp³-hybridized carbons (Fsp3) is 0.562. The number of hydrogen-bond donors (Lipinski definition) is 2. The Balaban J connectivity index is 2.50. The third-order valence-corrected chi connectivity index (χ3v) is 5.68. The number of aryl methyl sites for hydroxylation is 1. The molecule has 1 aromatic carbocycles. The molecule has 136 valence electrons. The van der Waals surface area contributed by atoms with E-state index in [2.05, 4.69) is 15.6 Å². The molecule has 0 spiro atoms. The van der Waals surface area contributed by atoms with Gasteiger partial charge in [-0.15, -0.1) is 0 Å². The summed E-state index contributed by atoms with van der Waals surface area (Å²) in [6, 6.07) is 4.90. The molecule has 0 atom stereocenters. The van der Waals surface area contributed by atoms with Crippen molar-refractivity contribution in [1.82, 2.24) is 14.9 Å². The van der Waals surface area contributed by atoms with Crippen LogP contribution in [0.1, 0.15) is 25.0 Å². The zero-order chi connectivity index (χ0) is 18.2. The molecule has 0 bridgehead atoms. The first-order valence-electron chi connectivity index (χ1n) is 8.01. The molecular formula is C16H27FN4O2S. The summed E-state index contributed by atoms with van der Waals surface area (Å²) < 4.78 is 38.9. The van der Waals surface area contributed by atoms with Gasteiger partial charge in [0.25, 0.3) is 0 Å². The van der Waals surface area contributed by atoms with Crippen molar-refractivity contribution >= 4 is 16.0 Å². The average Bonchev–Trinajstić information content (AvgIpc) is 2.54. The highest BCUT2D eigenvalue weighted by Gasteiger charge is 2.18. The first-order chi connectivity index (χ1) is 11.3. The number of sulfonamides is 1. The van der Waals surface area contributed by atoms with Crippen LogP contribution in [0, 0.1) is 12.7 Å². The van der Waals surface area contributed by atoms with Crippen LogP contribution in [-0.4, -0.2) is 51.1 Å². The molecule has 0 fully saturated rings. The second-order valence-corrected chi connectivity index (χ2v) is 7.42. The molecule has 0 saturated carbocycles. The van der Waals surface area contributed by atoms with Crippen molar-refractivity contribution in [3.8, 4) is 0 Å². The minimum absolute atomic E-state index is 0.00500. The molecule has 0 aliphatic carbocycles. The van der Waals surface area contributed by atoms with E-state index in [1.54, 1.807) is 26.1 Å². The molecule has 8 heteroatoms. The molecule has 2 N–H and O–H groups in total. The number of benzene rings is 1. The molecule has 24 heavy (non-hydrogen) atoms. The second-order valence-electron chi connectivity index (χ2n) is 5.34. The van der Waals surface area contributed by atoms with Gasteiger partial charge in [0.2, 0.25) is 10.0 Å². The maximum Gasteiger partial charge on any atom is 0.215 e. The summed E-state index contributed by atoms with van der Waals surface area (Å²) in [6.45, 7) is 7.03. The first kappa shape index (κ1) is 20.4. The van der Waals surface area contributed by atoms with Gasteiger partial charge >= 0.3 is 0 Å². The lowest BCUT2D eigenvalue weighted by atomic mass is 10.1. The topological polar surface area (TPSA) is 73.8 Å². The molecular weight excluding hydrogens is 331 g/mol. The van der Waals surface area contributed by atoms with Crippen LogP contribution < -0.4 is 10.6 Å². The predicted octanol–water partition coefficient (Wildman–Crippen LogP) is 1.47. The highest BCUT2D eigenvalue weighted by Crippen LogP contribution is 2.08. The number of guanidine groups is 1. The highest BCUT2D eigenvalue weighted by atomic mass is 32.2. The lowest BCUT2D eigenvalue weighted by Gasteiger charge is -2.19. The Kier molecular flexibility index (Phi) is 8.14. The quantitative estimate of drug-likeness (QED) is 0.545. The van der Waals surface area contributed by atoms with Crippen molar-refractivity contribution in [3.05, 3.63) is 35.1 Å². The number of halogens is 1. The summed E-state index contributed by atoms with van der Waals surface area (Å²) in [5.74, 6) is 0.278. The number of rotatable bonds is 8. The van der Waals surface area contributed by atoms with Crippen LogP contribution in [0.5, 0.6) is 0 Å². The van der Waals surface area contributed by atoms with E-state index in [0.29, 0.717) is 31.2 Å². The number of aliphatic imine (C=N–C) groups is 1. The van der Waals surface area contributed by atoms with Gasteiger partial charge in [-0.3, -0.25) is 4.99 Å². The molecule has 6 nitrogen and oxygen atoms in total. The van der Waals surface area contributed by atoms with Crippen LogP contribution >= 0.6 is 0 Å². The van der Waals surface area contributed by atoms with Crippen molar-refractivity contribution in [1.29, 1.82) is 0 Å². The van der Waals surface area contributed by atoms with Gasteiger partial charge in [0, 0.05) is 33.2 Å². The Morgan fingerprint density at radius 1 is 1.25 bits per heavy atom. The minimum Gasteiger partial charge on any atom is -0.355 e. The normalized spacial score (nSPS) is 12.5. The first-order valence-corrected chi connectivity index (χ1v) is 9.62. The van der Waals surface area contributed by atoms with Crippen LogP contribution in [0.2, 0.25) is 0 Å². The van der Waals surface area contributed by atoms with E-state index in [9.17, 15) is 12.8 Å². The second kappa shape index (κ2) is 9.58. The van der Waals surface area contributed by atoms with E-state index >= 15 is 0 Å². The molecule has 0 radical (unpaired) electrons. The van der Waals surface area contributed by atoms with Gasteiger partial charge in [-0.05, 0) is 24.1 Å². The SMILES string of the molecule is CCN(CC)S(=O)(=O)CCNC(=NC)NCc1ccc(F)c(C)c1. The molecule has 0 saturated heterocycles. The van der Waals surface area contributed by atoms with E-state index in [1.165, 1.54) is 10.4 Å². The fourth-order valence-electron chi connectivity index (χ4n) is 2.27. The molecule has 0 amide bonds. The predicted molar refractivity (Wildman–Crippen MR) is 96.0 cm³/mol. The van der Waals surface area contributed by atoms with Gasteiger partial charge in [-0.1, -0.05) is 26.0 Å². The number of nitrogens with one attached hydrogen (secondary N) is 2. The maximum atomic E-state index is 13.2. The molecule has 0 aliphatic heterocycles. The zero-order valence-electron chi connectivity index (χ0n) is 14.8. The lowest BCUT2D eigenvalue weighted by Crippen LogP contribution is -2.41. The van der Waals surface area contributed by atoms with E-state index in [0.717, 1.165) is 5.56 Å². The number of nitrogens with zero attached hydrogens (tertiary/aromatic N) is 2. The molecule has 0 heterocycles. The van der Waals surface area contributed by atoms with Gasteiger partial charge in [0.15, 0.2) is 5.96 Å².